The van der Waals surface area contributed by atoms with Gasteiger partial charge in [-0.2, -0.15) is 0 Å². The molecular formula is C20H26IN3. The van der Waals surface area contributed by atoms with Crippen LogP contribution in [0.5, 0.6) is 0 Å². The van der Waals surface area contributed by atoms with Gasteiger partial charge in [0.2, 0.25) is 0 Å². The number of piperidine rings is 1. The summed E-state index contributed by atoms with van der Waals surface area (Å²) in [5.74, 6) is 0.947. The first-order valence-electron chi connectivity index (χ1n) is 8.49. The largest absolute Gasteiger partial charge is 0.370 e. The third-order valence-electron chi connectivity index (χ3n) is 4.52. The van der Waals surface area contributed by atoms with Crippen LogP contribution >= 0.6 is 24.0 Å². The second-order valence-corrected chi connectivity index (χ2v) is 6.12. The molecule has 3 nitrogen and oxygen atoms in total. The smallest absolute Gasteiger partial charge is 0.191 e. The minimum atomic E-state index is 0. The SMILES string of the molecule is I.NC(=NCC(c1ccccc1)c1ccccc1)N1CCCCC1. The number of nitrogens with two attached hydrogens (primary N) is 1. The van der Waals surface area contributed by atoms with E-state index in [0.29, 0.717) is 12.5 Å². The van der Waals surface area contributed by atoms with Gasteiger partial charge in [-0.15, -0.1) is 24.0 Å². The fraction of sp³-hybridized carbons (Fsp3) is 0.350. The number of hydrogen-bond donors (Lipinski definition) is 1. The molecule has 0 atom stereocenters. The molecule has 24 heavy (non-hydrogen) atoms. The van der Waals surface area contributed by atoms with Crippen LogP contribution in [0.1, 0.15) is 36.3 Å². The molecule has 128 valence electrons. The molecule has 0 unspecified atom stereocenters. The van der Waals surface area contributed by atoms with E-state index in [-0.39, 0.29) is 29.9 Å². The predicted octanol–water partition coefficient (Wildman–Crippen LogP) is 4.24. The molecule has 4 heteroatoms. The number of likely N-dealkylation sites (tertiary alicyclic amines) is 1. The number of halogens is 1. The zero-order valence-electron chi connectivity index (χ0n) is 14.0. The molecule has 0 saturated carbocycles. The fourth-order valence-corrected chi connectivity index (χ4v) is 3.18. The molecule has 0 amide bonds. The van der Waals surface area contributed by atoms with E-state index < -0.39 is 0 Å². The van der Waals surface area contributed by atoms with Crippen LogP contribution in [0.4, 0.5) is 0 Å². The Labute approximate surface area is 162 Å². The molecule has 1 fully saturated rings. The van der Waals surface area contributed by atoms with Gasteiger partial charge in [-0.3, -0.25) is 4.99 Å². The highest BCUT2D eigenvalue weighted by molar-refractivity contribution is 14.0. The zero-order chi connectivity index (χ0) is 15.9. The Kier molecular flexibility index (Phi) is 7.56. The average molecular weight is 435 g/mol. The number of rotatable bonds is 4. The fourth-order valence-electron chi connectivity index (χ4n) is 3.18. The van der Waals surface area contributed by atoms with E-state index in [1.807, 2.05) is 0 Å². The summed E-state index contributed by atoms with van der Waals surface area (Å²) in [7, 11) is 0. The van der Waals surface area contributed by atoms with E-state index in [4.69, 9.17) is 10.7 Å². The van der Waals surface area contributed by atoms with Crippen molar-refractivity contribution in [1.29, 1.82) is 0 Å². The molecule has 1 heterocycles. The molecule has 0 aromatic heterocycles. The van der Waals surface area contributed by atoms with Crippen molar-refractivity contribution in [2.24, 2.45) is 10.7 Å². The summed E-state index contributed by atoms with van der Waals surface area (Å²) < 4.78 is 0. The predicted molar refractivity (Wildman–Crippen MR) is 112 cm³/mol. The molecule has 1 saturated heterocycles. The van der Waals surface area contributed by atoms with Crippen molar-refractivity contribution in [3.05, 3.63) is 71.8 Å². The highest BCUT2D eigenvalue weighted by Crippen LogP contribution is 2.24. The highest BCUT2D eigenvalue weighted by Gasteiger charge is 2.16. The second kappa shape index (κ2) is 9.67. The van der Waals surface area contributed by atoms with Crippen LogP contribution in [0.3, 0.4) is 0 Å². The van der Waals surface area contributed by atoms with E-state index in [2.05, 4.69) is 65.6 Å². The van der Waals surface area contributed by atoms with E-state index in [1.54, 1.807) is 0 Å². The van der Waals surface area contributed by atoms with E-state index in [9.17, 15) is 0 Å². The first-order chi connectivity index (χ1) is 11.3. The summed E-state index contributed by atoms with van der Waals surface area (Å²) in [4.78, 5) is 6.94. The Hall–Kier alpha value is -1.56. The zero-order valence-corrected chi connectivity index (χ0v) is 16.3. The van der Waals surface area contributed by atoms with E-state index >= 15 is 0 Å². The molecule has 0 radical (unpaired) electrons. The van der Waals surface area contributed by atoms with E-state index in [1.165, 1.54) is 30.4 Å². The van der Waals surface area contributed by atoms with Crippen LogP contribution < -0.4 is 5.73 Å². The average Bonchev–Trinajstić information content (AvgIpc) is 2.64. The number of benzene rings is 2. The maximum atomic E-state index is 6.23. The van der Waals surface area contributed by atoms with Gasteiger partial charge in [0.15, 0.2) is 5.96 Å². The monoisotopic (exact) mass is 435 g/mol. The second-order valence-electron chi connectivity index (χ2n) is 6.12. The lowest BCUT2D eigenvalue weighted by Gasteiger charge is -2.28. The molecule has 2 N–H and O–H groups in total. The molecule has 1 aliphatic heterocycles. The topological polar surface area (TPSA) is 41.6 Å². The van der Waals surface area contributed by atoms with Crippen LogP contribution in [0.2, 0.25) is 0 Å². The number of guanidine groups is 1. The van der Waals surface area contributed by atoms with Crippen LogP contribution in [-0.4, -0.2) is 30.5 Å². The van der Waals surface area contributed by atoms with Crippen LogP contribution in [0, 0.1) is 0 Å². The highest BCUT2D eigenvalue weighted by atomic mass is 127. The van der Waals surface area contributed by atoms with Crippen molar-refractivity contribution >= 4 is 29.9 Å². The third-order valence-corrected chi connectivity index (χ3v) is 4.52. The minimum absolute atomic E-state index is 0. The van der Waals surface area contributed by atoms with Crippen LogP contribution in [0.25, 0.3) is 0 Å². The third kappa shape index (κ3) is 4.97. The lowest BCUT2D eigenvalue weighted by atomic mass is 9.91. The van der Waals surface area contributed by atoms with Gasteiger partial charge >= 0.3 is 0 Å². The van der Waals surface area contributed by atoms with Gasteiger partial charge in [-0.1, -0.05) is 60.7 Å². The van der Waals surface area contributed by atoms with Crippen molar-refractivity contribution < 1.29 is 0 Å². The Morgan fingerprint density at radius 1 is 0.875 bits per heavy atom. The van der Waals surface area contributed by atoms with Crippen LogP contribution in [0.15, 0.2) is 65.7 Å². The summed E-state index contributed by atoms with van der Waals surface area (Å²) >= 11 is 0. The van der Waals surface area contributed by atoms with Crippen molar-refractivity contribution in [3.8, 4) is 0 Å². The molecule has 1 aliphatic rings. The summed E-state index contributed by atoms with van der Waals surface area (Å²) in [6, 6.07) is 21.1. The molecule has 3 rings (SSSR count). The van der Waals surface area contributed by atoms with Crippen molar-refractivity contribution in [3.63, 3.8) is 0 Å². The Morgan fingerprint density at radius 2 is 1.38 bits per heavy atom. The van der Waals surface area contributed by atoms with Gasteiger partial charge in [-0.25, -0.2) is 0 Å². The van der Waals surface area contributed by atoms with Gasteiger partial charge in [0.25, 0.3) is 0 Å². The van der Waals surface area contributed by atoms with Gasteiger partial charge in [-0.05, 0) is 30.4 Å². The normalized spacial score (nSPS) is 15.2. The van der Waals surface area contributed by atoms with E-state index in [0.717, 1.165) is 13.1 Å². The number of nitrogens with zero attached hydrogens (tertiary/aromatic N) is 2. The Morgan fingerprint density at radius 3 is 1.88 bits per heavy atom. The molecule has 0 aliphatic carbocycles. The minimum Gasteiger partial charge on any atom is -0.370 e. The molecule has 2 aromatic carbocycles. The van der Waals surface area contributed by atoms with Gasteiger partial charge in [0, 0.05) is 19.0 Å². The van der Waals surface area contributed by atoms with Crippen LogP contribution in [-0.2, 0) is 0 Å². The lowest BCUT2D eigenvalue weighted by Crippen LogP contribution is -2.41. The summed E-state index contributed by atoms with van der Waals surface area (Å²) in [5.41, 5.74) is 8.80. The summed E-state index contributed by atoms with van der Waals surface area (Å²) in [6.45, 7) is 2.77. The standard InChI is InChI=1S/C20H25N3.HI/c21-20(23-14-8-3-9-15-23)22-16-19(17-10-4-1-5-11-17)18-12-6-2-7-13-18;/h1-2,4-7,10-13,19H,3,8-9,14-16H2,(H2,21,22);1H. The molecule has 0 spiro atoms. The summed E-state index contributed by atoms with van der Waals surface area (Å²) in [6.07, 6.45) is 3.74. The molecule has 0 bridgehead atoms. The van der Waals surface area contributed by atoms with Gasteiger partial charge < -0.3 is 10.6 Å². The summed E-state index contributed by atoms with van der Waals surface area (Å²) in [5, 5.41) is 0. The quantitative estimate of drug-likeness (QED) is 0.444. The number of hydrogen-bond acceptors (Lipinski definition) is 1. The molecular weight excluding hydrogens is 409 g/mol. The van der Waals surface area contributed by atoms with Gasteiger partial charge in [0.05, 0.1) is 6.54 Å². The first-order valence-corrected chi connectivity index (χ1v) is 8.49. The van der Waals surface area contributed by atoms with Gasteiger partial charge in [0.1, 0.15) is 0 Å². The van der Waals surface area contributed by atoms with Crippen molar-refractivity contribution in [1.82, 2.24) is 4.90 Å². The first kappa shape index (κ1) is 18.8. The van der Waals surface area contributed by atoms with Crippen molar-refractivity contribution in [2.45, 2.75) is 25.2 Å². The lowest BCUT2D eigenvalue weighted by molar-refractivity contribution is 0.338. The number of aliphatic imine (C=N–C) groups is 1. The Balaban J connectivity index is 0.00000208. The molecule has 2 aromatic rings. The Bertz CT molecular complexity index is 582. The maximum absolute atomic E-state index is 6.23. The maximum Gasteiger partial charge on any atom is 0.191 e. The van der Waals surface area contributed by atoms with Crippen molar-refractivity contribution in [2.75, 3.05) is 19.6 Å².